The quantitative estimate of drug-likeness (QED) is 0.634. The van der Waals surface area contributed by atoms with Crippen LogP contribution in [-0.4, -0.2) is 16.4 Å². The summed E-state index contributed by atoms with van der Waals surface area (Å²) >= 11 is 0. The number of carbonyl (C=O) groups excluding carboxylic acids is 2. The van der Waals surface area contributed by atoms with Crippen molar-refractivity contribution in [2.24, 2.45) is 0 Å². The van der Waals surface area contributed by atoms with Crippen molar-refractivity contribution in [2.45, 2.75) is 26.4 Å². The highest BCUT2D eigenvalue weighted by Gasteiger charge is 2.32. The molecule has 4 nitrogen and oxygen atoms in total. The molecule has 0 radical (unpaired) electrons. The van der Waals surface area contributed by atoms with Gasteiger partial charge in [-0.25, -0.2) is 0 Å². The molecule has 0 aliphatic carbocycles. The first-order chi connectivity index (χ1) is 6.59. The van der Waals surface area contributed by atoms with E-state index in [0.29, 0.717) is 0 Å². The molecular formula is C10H11NO3. The molecule has 4 heteroatoms. The lowest BCUT2D eigenvalue weighted by Gasteiger charge is -2.09. The van der Waals surface area contributed by atoms with E-state index in [2.05, 4.69) is 0 Å². The van der Waals surface area contributed by atoms with Gasteiger partial charge in [0.1, 0.15) is 0 Å². The molecule has 1 aliphatic heterocycles. The van der Waals surface area contributed by atoms with E-state index in [1.165, 1.54) is 6.92 Å². The highest BCUT2D eigenvalue weighted by Crippen LogP contribution is 2.32. The number of esters is 1. The summed E-state index contributed by atoms with van der Waals surface area (Å²) in [6, 6.07) is 1.85. The van der Waals surface area contributed by atoms with Gasteiger partial charge in [-0.3, -0.25) is 14.2 Å². The molecule has 2 rings (SSSR count). The highest BCUT2D eigenvalue weighted by molar-refractivity contribution is 5.84. The van der Waals surface area contributed by atoms with E-state index < -0.39 is 6.10 Å². The lowest BCUT2D eigenvalue weighted by atomic mass is 10.1. The van der Waals surface area contributed by atoms with Gasteiger partial charge in [0, 0.05) is 13.1 Å². The second-order valence-electron chi connectivity index (χ2n) is 3.45. The molecule has 1 aliphatic rings. The van der Waals surface area contributed by atoms with E-state index >= 15 is 0 Å². The van der Waals surface area contributed by atoms with E-state index in [0.717, 1.165) is 11.3 Å². The van der Waals surface area contributed by atoms with Gasteiger partial charge in [0.15, 0.2) is 6.10 Å². The molecule has 0 bridgehead atoms. The van der Waals surface area contributed by atoms with Crippen LogP contribution in [-0.2, 0) is 9.53 Å². The molecule has 1 aromatic heterocycles. The normalized spacial score (nSPS) is 19.6. The molecular weight excluding hydrogens is 182 g/mol. The third kappa shape index (κ3) is 1.23. The van der Waals surface area contributed by atoms with Crippen molar-refractivity contribution in [1.82, 2.24) is 4.57 Å². The van der Waals surface area contributed by atoms with Crippen LogP contribution in [0.2, 0.25) is 0 Å². The van der Waals surface area contributed by atoms with Gasteiger partial charge in [-0.1, -0.05) is 0 Å². The molecule has 1 aromatic rings. The molecule has 74 valence electrons. The number of nitrogens with zero attached hydrogens (tertiary/aromatic N) is 1. The zero-order valence-corrected chi connectivity index (χ0v) is 8.11. The van der Waals surface area contributed by atoms with Crippen molar-refractivity contribution >= 4 is 11.9 Å². The molecule has 1 atom stereocenters. The second kappa shape index (κ2) is 2.97. The molecule has 0 unspecified atom stereocenters. The van der Waals surface area contributed by atoms with Crippen LogP contribution < -0.4 is 0 Å². The summed E-state index contributed by atoms with van der Waals surface area (Å²) in [7, 11) is 0. The number of rotatable bonds is 1. The number of aryl methyl sites for hydroxylation is 1. The minimum atomic E-state index is -0.394. The van der Waals surface area contributed by atoms with Crippen molar-refractivity contribution in [3.8, 4) is 0 Å². The summed E-state index contributed by atoms with van der Waals surface area (Å²) in [4.78, 5) is 22.2. The van der Waals surface area contributed by atoms with Crippen molar-refractivity contribution in [3.05, 3.63) is 23.5 Å². The second-order valence-corrected chi connectivity index (χ2v) is 3.45. The van der Waals surface area contributed by atoms with E-state index in [1.54, 1.807) is 10.8 Å². The first-order valence-corrected chi connectivity index (χ1v) is 4.48. The zero-order chi connectivity index (χ0) is 10.3. The van der Waals surface area contributed by atoms with Crippen LogP contribution in [0.15, 0.2) is 12.3 Å². The van der Waals surface area contributed by atoms with Crippen LogP contribution in [0.1, 0.15) is 35.5 Å². The van der Waals surface area contributed by atoms with Crippen LogP contribution in [0.25, 0.3) is 0 Å². The Kier molecular flexibility index (Phi) is 1.91. The van der Waals surface area contributed by atoms with Crippen LogP contribution in [0.3, 0.4) is 0 Å². The molecule has 0 N–H and O–H groups in total. The Hall–Kier alpha value is -1.58. The summed E-state index contributed by atoms with van der Waals surface area (Å²) in [5.41, 5.74) is 1.80. The largest absolute Gasteiger partial charge is 0.456 e. The Morgan fingerprint density at radius 2 is 2.36 bits per heavy atom. The van der Waals surface area contributed by atoms with Crippen molar-refractivity contribution in [2.75, 3.05) is 0 Å². The fraction of sp³-hybridized carbons (Fsp3) is 0.400. The predicted octanol–water partition coefficient (Wildman–Crippen LogP) is 1.44. The first kappa shape index (κ1) is 8.99. The molecule has 2 heterocycles. The maximum absolute atomic E-state index is 11.4. The SMILES string of the molecule is CC(=O)O[C@H]1CC(=O)n2ccc(C)c21. The average molecular weight is 193 g/mol. The third-order valence-electron chi connectivity index (χ3n) is 2.38. The van der Waals surface area contributed by atoms with Crippen LogP contribution in [0.5, 0.6) is 0 Å². The topological polar surface area (TPSA) is 48.3 Å². The van der Waals surface area contributed by atoms with E-state index in [4.69, 9.17) is 4.74 Å². The number of hydrogen-bond donors (Lipinski definition) is 0. The lowest BCUT2D eigenvalue weighted by Crippen LogP contribution is -2.06. The van der Waals surface area contributed by atoms with E-state index in [9.17, 15) is 9.59 Å². The highest BCUT2D eigenvalue weighted by atomic mass is 16.5. The van der Waals surface area contributed by atoms with Gasteiger partial charge < -0.3 is 4.74 Å². The standard InChI is InChI=1S/C10H11NO3/c1-6-3-4-11-9(13)5-8(10(6)11)14-7(2)12/h3-4,8H,5H2,1-2H3/t8-/m0/s1. The van der Waals surface area contributed by atoms with Crippen LogP contribution >= 0.6 is 0 Å². The third-order valence-corrected chi connectivity index (χ3v) is 2.38. The molecule has 0 saturated carbocycles. The number of aromatic nitrogens is 1. The maximum atomic E-state index is 11.4. The summed E-state index contributed by atoms with van der Waals surface area (Å²) in [6.45, 7) is 3.26. The summed E-state index contributed by atoms with van der Waals surface area (Å²) in [5, 5.41) is 0. The summed E-state index contributed by atoms with van der Waals surface area (Å²) in [6.07, 6.45) is 1.59. The molecule has 0 fully saturated rings. The zero-order valence-electron chi connectivity index (χ0n) is 8.11. The van der Waals surface area contributed by atoms with Crippen molar-refractivity contribution in [1.29, 1.82) is 0 Å². The first-order valence-electron chi connectivity index (χ1n) is 4.48. The van der Waals surface area contributed by atoms with Gasteiger partial charge in [0.05, 0.1) is 12.1 Å². The monoisotopic (exact) mass is 193 g/mol. The fourth-order valence-corrected chi connectivity index (χ4v) is 1.82. The number of fused-ring (bicyclic) bond motifs is 1. The number of ether oxygens (including phenoxy) is 1. The lowest BCUT2D eigenvalue weighted by molar-refractivity contribution is -0.146. The Morgan fingerprint density at radius 3 is 3.00 bits per heavy atom. The fourth-order valence-electron chi connectivity index (χ4n) is 1.82. The Bertz CT molecular complexity index is 405. The number of hydrogen-bond acceptors (Lipinski definition) is 3. The van der Waals surface area contributed by atoms with E-state index in [-0.39, 0.29) is 18.3 Å². The van der Waals surface area contributed by atoms with Crippen molar-refractivity contribution < 1.29 is 14.3 Å². The summed E-state index contributed by atoms with van der Waals surface area (Å²) < 4.78 is 6.63. The summed E-state index contributed by atoms with van der Waals surface area (Å²) in [5.74, 6) is -0.365. The maximum Gasteiger partial charge on any atom is 0.303 e. The molecule has 0 aromatic carbocycles. The minimum Gasteiger partial charge on any atom is -0.456 e. The van der Waals surface area contributed by atoms with Crippen molar-refractivity contribution in [3.63, 3.8) is 0 Å². The van der Waals surface area contributed by atoms with Gasteiger partial charge in [-0.05, 0) is 18.6 Å². The van der Waals surface area contributed by atoms with Gasteiger partial charge in [0.25, 0.3) is 0 Å². The Balaban J connectivity index is 2.37. The Labute approximate surface area is 81.5 Å². The molecule has 0 amide bonds. The molecule has 0 saturated heterocycles. The Morgan fingerprint density at radius 1 is 1.64 bits per heavy atom. The van der Waals surface area contributed by atoms with Gasteiger partial charge in [-0.15, -0.1) is 0 Å². The molecule has 0 spiro atoms. The minimum absolute atomic E-state index is 0.0145. The molecule has 14 heavy (non-hydrogen) atoms. The smallest absolute Gasteiger partial charge is 0.303 e. The van der Waals surface area contributed by atoms with Gasteiger partial charge in [-0.2, -0.15) is 0 Å². The predicted molar refractivity (Wildman–Crippen MR) is 48.9 cm³/mol. The van der Waals surface area contributed by atoms with Gasteiger partial charge in [0.2, 0.25) is 5.91 Å². The van der Waals surface area contributed by atoms with Crippen LogP contribution in [0, 0.1) is 6.92 Å². The average Bonchev–Trinajstić information content (AvgIpc) is 2.56. The van der Waals surface area contributed by atoms with E-state index in [1.807, 2.05) is 13.0 Å². The van der Waals surface area contributed by atoms with Crippen LogP contribution in [0.4, 0.5) is 0 Å². The van der Waals surface area contributed by atoms with Gasteiger partial charge >= 0.3 is 5.97 Å². The number of carbonyl (C=O) groups is 2.